The molecule has 1 aliphatic heterocycles. The van der Waals surface area contributed by atoms with Gasteiger partial charge in [-0.05, 0) is 35.2 Å². The zero-order valence-corrected chi connectivity index (χ0v) is 17.0. The number of carbonyl (C=O) groups excluding carboxylic acids is 2. The minimum absolute atomic E-state index is 0.125. The van der Waals surface area contributed by atoms with Crippen LogP contribution in [-0.4, -0.2) is 33.3 Å². The number of hydrogen-bond acceptors (Lipinski definition) is 7. The summed E-state index contributed by atoms with van der Waals surface area (Å²) in [6.07, 6.45) is 0. The largest absolute Gasteiger partial charge is 0.496 e. The standard InChI is InChI=1S/C23H20O7/c1-12(24)30-14-7-5-13(6-8-14)20-15-9-18(26-2)19(27-3)10-16(15)22(28-4)17-11-29-23(25)21(17)20/h5-10H,11H2,1-4H3. The summed E-state index contributed by atoms with van der Waals surface area (Å²) in [5, 5.41) is 1.52. The Balaban J connectivity index is 2.06. The van der Waals surface area contributed by atoms with Gasteiger partial charge in [-0.15, -0.1) is 0 Å². The molecule has 0 spiro atoms. The number of fused-ring (bicyclic) bond motifs is 2. The predicted octanol–water partition coefficient (Wildman–Crippen LogP) is 4.13. The molecule has 0 atom stereocenters. The van der Waals surface area contributed by atoms with Crippen LogP contribution in [0.1, 0.15) is 22.8 Å². The lowest BCUT2D eigenvalue weighted by molar-refractivity contribution is -0.131. The highest BCUT2D eigenvalue weighted by Gasteiger charge is 2.32. The SMILES string of the molecule is COc1cc2c(OC)c3c(c(-c4ccc(OC(C)=O)cc4)c2cc1OC)C(=O)OC3. The topological polar surface area (TPSA) is 80.3 Å². The second-order valence-electron chi connectivity index (χ2n) is 6.71. The van der Waals surface area contributed by atoms with Crippen LogP contribution in [0.2, 0.25) is 0 Å². The van der Waals surface area contributed by atoms with Gasteiger partial charge in [-0.25, -0.2) is 4.79 Å². The first-order chi connectivity index (χ1) is 14.5. The summed E-state index contributed by atoms with van der Waals surface area (Å²) in [6.45, 7) is 1.47. The van der Waals surface area contributed by atoms with Gasteiger partial charge in [-0.3, -0.25) is 4.79 Å². The van der Waals surface area contributed by atoms with E-state index in [0.29, 0.717) is 39.7 Å². The molecule has 0 amide bonds. The molecule has 7 nitrogen and oxygen atoms in total. The Morgan fingerprint density at radius 1 is 0.900 bits per heavy atom. The third-order valence-corrected chi connectivity index (χ3v) is 5.02. The Labute approximate surface area is 173 Å². The average Bonchev–Trinajstić information content (AvgIpc) is 3.12. The van der Waals surface area contributed by atoms with Gasteiger partial charge in [0.25, 0.3) is 0 Å². The van der Waals surface area contributed by atoms with Crippen molar-refractivity contribution in [2.75, 3.05) is 21.3 Å². The van der Waals surface area contributed by atoms with E-state index in [1.165, 1.54) is 6.92 Å². The van der Waals surface area contributed by atoms with Crippen molar-refractivity contribution in [1.82, 2.24) is 0 Å². The summed E-state index contributed by atoms with van der Waals surface area (Å²) < 4.78 is 27.1. The molecule has 0 N–H and O–H groups in total. The van der Waals surface area contributed by atoms with Gasteiger partial charge < -0.3 is 23.7 Å². The number of benzene rings is 3. The number of ether oxygens (including phenoxy) is 5. The maximum absolute atomic E-state index is 12.7. The summed E-state index contributed by atoms with van der Waals surface area (Å²) >= 11 is 0. The van der Waals surface area contributed by atoms with Crippen molar-refractivity contribution in [3.05, 3.63) is 47.5 Å². The second kappa shape index (κ2) is 7.59. The van der Waals surface area contributed by atoms with Gasteiger partial charge in [-0.1, -0.05) is 12.1 Å². The Morgan fingerprint density at radius 3 is 2.10 bits per heavy atom. The molecule has 0 radical (unpaired) electrons. The maximum Gasteiger partial charge on any atom is 0.339 e. The molecule has 3 aromatic carbocycles. The molecule has 30 heavy (non-hydrogen) atoms. The lowest BCUT2D eigenvalue weighted by Crippen LogP contribution is -2.03. The fourth-order valence-corrected chi connectivity index (χ4v) is 3.80. The number of hydrogen-bond donors (Lipinski definition) is 0. The van der Waals surface area contributed by atoms with Crippen LogP contribution in [-0.2, 0) is 16.1 Å². The van der Waals surface area contributed by atoms with Gasteiger partial charge in [0.1, 0.15) is 18.1 Å². The van der Waals surface area contributed by atoms with E-state index >= 15 is 0 Å². The number of carbonyl (C=O) groups is 2. The molecule has 1 aliphatic rings. The smallest absolute Gasteiger partial charge is 0.339 e. The minimum Gasteiger partial charge on any atom is -0.496 e. The normalized spacial score (nSPS) is 12.3. The van der Waals surface area contributed by atoms with Gasteiger partial charge in [0.2, 0.25) is 0 Å². The van der Waals surface area contributed by atoms with Crippen LogP contribution >= 0.6 is 0 Å². The summed E-state index contributed by atoms with van der Waals surface area (Å²) in [6, 6.07) is 10.6. The molecule has 4 rings (SSSR count). The van der Waals surface area contributed by atoms with Crippen LogP contribution in [0.4, 0.5) is 0 Å². The number of methoxy groups -OCH3 is 3. The van der Waals surface area contributed by atoms with Crippen molar-refractivity contribution in [1.29, 1.82) is 0 Å². The van der Waals surface area contributed by atoms with E-state index in [9.17, 15) is 9.59 Å². The van der Waals surface area contributed by atoms with Crippen molar-refractivity contribution in [3.8, 4) is 34.1 Å². The highest BCUT2D eigenvalue weighted by Crippen LogP contribution is 2.47. The van der Waals surface area contributed by atoms with E-state index in [-0.39, 0.29) is 6.61 Å². The first-order valence-corrected chi connectivity index (χ1v) is 9.23. The van der Waals surface area contributed by atoms with Crippen molar-refractivity contribution < 1.29 is 33.3 Å². The van der Waals surface area contributed by atoms with E-state index in [4.69, 9.17) is 23.7 Å². The Hall–Kier alpha value is -3.74. The highest BCUT2D eigenvalue weighted by molar-refractivity contribution is 6.13. The van der Waals surface area contributed by atoms with Crippen molar-refractivity contribution in [2.24, 2.45) is 0 Å². The second-order valence-corrected chi connectivity index (χ2v) is 6.71. The lowest BCUT2D eigenvalue weighted by Gasteiger charge is -2.18. The molecule has 0 saturated carbocycles. The molecule has 0 saturated heterocycles. The first kappa shape index (κ1) is 19.6. The maximum atomic E-state index is 12.7. The third kappa shape index (κ3) is 3.08. The molecule has 0 aliphatic carbocycles. The Morgan fingerprint density at radius 2 is 1.53 bits per heavy atom. The van der Waals surface area contributed by atoms with Crippen LogP contribution in [0.5, 0.6) is 23.0 Å². The van der Waals surface area contributed by atoms with E-state index in [0.717, 1.165) is 16.3 Å². The van der Waals surface area contributed by atoms with Crippen molar-refractivity contribution >= 4 is 22.7 Å². The summed E-state index contributed by atoms with van der Waals surface area (Å²) in [5.74, 6) is 1.23. The van der Waals surface area contributed by atoms with Crippen LogP contribution < -0.4 is 18.9 Å². The molecule has 0 fully saturated rings. The van der Waals surface area contributed by atoms with Crippen molar-refractivity contribution in [3.63, 3.8) is 0 Å². The molecule has 1 heterocycles. The monoisotopic (exact) mass is 408 g/mol. The molecule has 154 valence electrons. The molecular weight excluding hydrogens is 388 g/mol. The van der Waals surface area contributed by atoms with Crippen LogP contribution in [0, 0.1) is 0 Å². The van der Waals surface area contributed by atoms with Crippen LogP contribution in [0.25, 0.3) is 21.9 Å². The molecular formula is C23H20O7. The average molecular weight is 408 g/mol. The zero-order chi connectivity index (χ0) is 21.4. The van der Waals surface area contributed by atoms with E-state index in [1.54, 1.807) is 45.6 Å². The molecule has 0 bridgehead atoms. The highest BCUT2D eigenvalue weighted by atomic mass is 16.5. The summed E-state index contributed by atoms with van der Waals surface area (Å²) in [4.78, 5) is 23.9. The molecule has 0 aromatic heterocycles. The zero-order valence-electron chi connectivity index (χ0n) is 17.0. The number of esters is 2. The fourth-order valence-electron chi connectivity index (χ4n) is 3.80. The Bertz CT molecular complexity index is 1160. The van der Waals surface area contributed by atoms with Gasteiger partial charge in [0.05, 0.1) is 26.9 Å². The number of rotatable bonds is 5. The van der Waals surface area contributed by atoms with E-state index < -0.39 is 11.9 Å². The molecule has 7 heteroatoms. The fraction of sp³-hybridized carbons (Fsp3) is 0.217. The summed E-state index contributed by atoms with van der Waals surface area (Å²) in [5.41, 5.74) is 2.59. The third-order valence-electron chi connectivity index (χ3n) is 5.02. The van der Waals surface area contributed by atoms with Crippen molar-refractivity contribution in [2.45, 2.75) is 13.5 Å². The summed E-state index contributed by atoms with van der Waals surface area (Å²) in [7, 11) is 4.67. The van der Waals surface area contributed by atoms with Gasteiger partial charge in [0.15, 0.2) is 11.5 Å². The molecule has 3 aromatic rings. The lowest BCUT2D eigenvalue weighted by atomic mass is 9.89. The van der Waals surface area contributed by atoms with Gasteiger partial charge in [-0.2, -0.15) is 0 Å². The number of cyclic esters (lactones) is 1. The Kier molecular flexibility index (Phi) is 4.95. The minimum atomic E-state index is -0.418. The quantitative estimate of drug-likeness (QED) is 0.464. The molecule has 0 unspecified atom stereocenters. The van der Waals surface area contributed by atoms with Crippen LogP contribution in [0.15, 0.2) is 36.4 Å². The van der Waals surface area contributed by atoms with E-state index in [2.05, 4.69) is 0 Å². The van der Waals surface area contributed by atoms with Crippen LogP contribution in [0.3, 0.4) is 0 Å². The van der Waals surface area contributed by atoms with E-state index in [1.807, 2.05) is 12.1 Å². The van der Waals surface area contributed by atoms with Gasteiger partial charge in [0, 0.05) is 23.4 Å². The first-order valence-electron chi connectivity index (χ1n) is 9.23. The predicted molar refractivity (Wildman–Crippen MR) is 109 cm³/mol. The van der Waals surface area contributed by atoms with Gasteiger partial charge >= 0.3 is 11.9 Å².